The van der Waals surface area contributed by atoms with Crippen LogP contribution in [0.5, 0.6) is 11.5 Å². The van der Waals surface area contributed by atoms with E-state index in [4.69, 9.17) is 9.47 Å². The zero-order valence-electron chi connectivity index (χ0n) is 14.9. The first-order chi connectivity index (χ1) is 13.0. The van der Waals surface area contributed by atoms with E-state index in [1.54, 1.807) is 48.5 Å². The van der Waals surface area contributed by atoms with Crippen LogP contribution in [0.25, 0.3) is 6.08 Å². The van der Waals surface area contributed by atoms with Crippen LogP contribution in [-0.2, 0) is 9.59 Å². The largest absolute Gasteiger partial charge is 0.496 e. The van der Waals surface area contributed by atoms with Gasteiger partial charge < -0.3 is 9.47 Å². The molecule has 7 nitrogen and oxygen atoms in total. The van der Waals surface area contributed by atoms with Crippen LogP contribution in [0.4, 0.5) is 10.5 Å². The lowest BCUT2D eigenvalue weighted by molar-refractivity contribution is -0.122. The number of hydrogen-bond acceptors (Lipinski definition) is 5. The van der Waals surface area contributed by atoms with Crippen LogP contribution in [-0.4, -0.2) is 31.6 Å². The van der Waals surface area contributed by atoms with Gasteiger partial charge in [0.15, 0.2) is 0 Å². The van der Waals surface area contributed by atoms with E-state index >= 15 is 0 Å². The molecule has 3 rings (SSSR count). The molecule has 1 saturated heterocycles. The van der Waals surface area contributed by atoms with Crippen LogP contribution < -0.4 is 19.7 Å². The van der Waals surface area contributed by atoms with Gasteiger partial charge in [-0.25, -0.2) is 9.69 Å². The molecule has 1 aliphatic rings. The maximum Gasteiger partial charge on any atom is 0.335 e. The summed E-state index contributed by atoms with van der Waals surface area (Å²) >= 11 is 0. The van der Waals surface area contributed by atoms with Crippen LogP contribution in [0.1, 0.15) is 12.5 Å². The quantitative estimate of drug-likeness (QED) is 0.650. The van der Waals surface area contributed by atoms with Gasteiger partial charge in [-0.2, -0.15) is 0 Å². The van der Waals surface area contributed by atoms with Crippen LogP contribution in [0.2, 0.25) is 0 Å². The highest BCUT2D eigenvalue weighted by Gasteiger charge is 2.36. The number of methoxy groups -OCH3 is 1. The van der Waals surface area contributed by atoms with E-state index < -0.39 is 17.8 Å². The second-order valence-corrected chi connectivity index (χ2v) is 5.63. The number of barbiturate groups is 1. The number of nitrogens with one attached hydrogen (secondary N) is 1. The monoisotopic (exact) mass is 366 g/mol. The smallest absolute Gasteiger partial charge is 0.335 e. The van der Waals surface area contributed by atoms with E-state index in [1.165, 1.54) is 13.2 Å². The van der Waals surface area contributed by atoms with Crippen molar-refractivity contribution in [1.29, 1.82) is 0 Å². The van der Waals surface area contributed by atoms with Gasteiger partial charge in [0.05, 0.1) is 19.4 Å². The molecule has 1 fully saturated rings. The summed E-state index contributed by atoms with van der Waals surface area (Å²) in [7, 11) is 1.50. The maximum absolute atomic E-state index is 12.9. The van der Waals surface area contributed by atoms with Crippen molar-refractivity contribution in [3.8, 4) is 11.5 Å². The zero-order valence-corrected chi connectivity index (χ0v) is 14.9. The molecule has 2 aromatic carbocycles. The van der Waals surface area contributed by atoms with Gasteiger partial charge in [-0.05, 0) is 43.3 Å². The Morgan fingerprint density at radius 2 is 1.74 bits per heavy atom. The van der Waals surface area contributed by atoms with Crippen LogP contribution in [0, 0.1) is 0 Å². The molecule has 1 N–H and O–H groups in total. The summed E-state index contributed by atoms with van der Waals surface area (Å²) in [5.41, 5.74) is 0.729. The SMILES string of the molecule is CCOc1ccc(N2C(=O)NC(=O)/C(=C\c3ccccc3OC)C2=O)cc1. The van der Waals surface area contributed by atoms with Gasteiger partial charge in [-0.1, -0.05) is 18.2 Å². The number of ether oxygens (including phenoxy) is 2. The number of hydrogen-bond donors (Lipinski definition) is 1. The number of imide groups is 2. The molecule has 0 aromatic heterocycles. The number of urea groups is 1. The summed E-state index contributed by atoms with van der Waals surface area (Å²) in [5, 5.41) is 2.19. The fourth-order valence-corrected chi connectivity index (χ4v) is 2.69. The van der Waals surface area contributed by atoms with Crippen molar-refractivity contribution < 1.29 is 23.9 Å². The van der Waals surface area contributed by atoms with E-state index in [0.29, 0.717) is 29.4 Å². The molecule has 7 heteroatoms. The number of benzene rings is 2. The van der Waals surface area contributed by atoms with Crippen molar-refractivity contribution in [3.05, 3.63) is 59.7 Å². The Kier molecular flexibility index (Phi) is 5.21. The van der Waals surface area contributed by atoms with Gasteiger partial charge in [0, 0.05) is 5.56 Å². The highest BCUT2D eigenvalue weighted by Crippen LogP contribution is 2.26. The fourth-order valence-electron chi connectivity index (χ4n) is 2.69. The number of anilines is 1. The average Bonchev–Trinajstić information content (AvgIpc) is 2.67. The molecule has 1 aliphatic heterocycles. The highest BCUT2D eigenvalue weighted by atomic mass is 16.5. The molecule has 27 heavy (non-hydrogen) atoms. The third-order valence-electron chi connectivity index (χ3n) is 3.95. The molecule has 4 amide bonds. The van der Waals surface area contributed by atoms with Crippen molar-refractivity contribution >= 4 is 29.6 Å². The first-order valence-electron chi connectivity index (χ1n) is 8.32. The van der Waals surface area contributed by atoms with Crippen molar-refractivity contribution in [2.75, 3.05) is 18.6 Å². The van der Waals surface area contributed by atoms with E-state index in [-0.39, 0.29) is 5.57 Å². The summed E-state index contributed by atoms with van der Waals surface area (Å²) in [4.78, 5) is 38.2. The van der Waals surface area contributed by atoms with E-state index in [0.717, 1.165) is 4.90 Å². The number of carbonyl (C=O) groups excluding carboxylic acids is 3. The highest BCUT2D eigenvalue weighted by molar-refractivity contribution is 6.39. The molecule has 0 unspecified atom stereocenters. The molecule has 1 heterocycles. The minimum absolute atomic E-state index is 0.159. The summed E-state index contributed by atoms with van der Waals surface area (Å²) in [5.74, 6) is -0.334. The van der Waals surface area contributed by atoms with Gasteiger partial charge in [0.1, 0.15) is 17.1 Å². The maximum atomic E-state index is 12.9. The predicted molar refractivity (Wildman–Crippen MR) is 99.6 cm³/mol. The third-order valence-corrected chi connectivity index (χ3v) is 3.95. The normalized spacial score (nSPS) is 15.7. The molecule has 0 spiro atoms. The predicted octanol–water partition coefficient (Wildman–Crippen LogP) is 2.76. The van der Waals surface area contributed by atoms with Crippen molar-refractivity contribution in [3.63, 3.8) is 0 Å². The minimum atomic E-state index is -0.800. The number of para-hydroxylation sites is 1. The molecule has 138 valence electrons. The summed E-state index contributed by atoms with van der Waals surface area (Å²) < 4.78 is 10.6. The standard InChI is InChI=1S/C20H18N2O5/c1-3-27-15-10-8-14(9-11-15)22-19(24)16(18(23)21-20(22)25)12-13-6-4-5-7-17(13)26-2/h4-12H,3H2,1-2H3,(H,21,23,25)/b16-12+. The Labute approximate surface area is 156 Å². The van der Waals surface area contributed by atoms with Crippen LogP contribution in [0.3, 0.4) is 0 Å². The summed E-state index contributed by atoms with van der Waals surface area (Å²) in [6.45, 7) is 2.36. The molecule has 0 aliphatic carbocycles. The van der Waals surface area contributed by atoms with Crippen molar-refractivity contribution in [1.82, 2.24) is 5.32 Å². The van der Waals surface area contributed by atoms with Crippen molar-refractivity contribution in [2.45, 2.75) is 6.92 Å². The average molecular weight is 366 g/mol. The fraction of sp³-hybridized carbons (Fsp3) is 0.150. The van der Waals surface area contributed by atoms with E-state index in [2.05, 4.69) is 5.32 Å². The van der Waals surface area contributed by atoms with E-state index in [9.17, 15) is 14.4 Å². The third kappa shape index (κ3) is 3.67. The van der Waals surface area contributed by atoms with Gasteiger partial charge >= 0.3 is 6.03 Å². The number of amides is 4. The summed E-state index contributed by atoms with van der Waals surface area (Å²) in [6.07, 6.45) is 1.41. The summed E-state index contributed by atoms with van der Waals surface area (Å²) in [6, 6.07) is 12.6. The lowest BCUT2D eigenvalue weighted by atomic mass is 10.1. The van der Waals surface area contributed by atoms with Gasteiger partial charge in [-0.3, -0.25) is 14.9 Å². The van der Waals surface area contributed by atoms with E-state index in [1.807, 2.05) is 6.92 Å². The second kappa shape index (κ2) is 7.74. The Morgan fingerprint density at radius 3 is 2.41 bits per heavy atom. The molecular formula is C20H18N2O5. The van der Waals surface area contributed by atoms with Crippen molar-refractivity contribution in [2.24, 2.45) is 0 Å². The molecular weight excluding hydrogens is 348 g/mol. The zero-order chi connectivity index (χ0) is 19.4. The Hall–Kier alpha value is -3.61. The molecule has 2 aromatic rings. The molecule has 0 radical (unpaired) electrons. The van der Waals surface area contributed by atoms with Crippen LogP contribution >= 0.6 is 0 Å². The van der Waals surface area contributed by atoms with Crippen LogP contribution in [0.15, 0.2) is 54.1 Å². The number of rotatable bonds is 5. The molecule has 0 saturated carbocycles. The lowest BCUT2D eigenvalue weighted by Gasteiger charge is -2.26. The Morgan fingerprint density at radius 1 is 1.04 bits per heavy atom. The van der Waals surface area contributed by atoms with Gasteiger partial charge in [0.25, 0.3) is 11.8 Å². The first kappa shape index (κ1) is 18.2. The minimum Gasteiger partial charge on any atom is -0.496 e. The number of nitrogens with zero attached hydrogens (tertiary/aromatic N) is 1. The Bertz CT molecular complexity index is 918. The van der Waals surface area contributed by atoms with Gasteiger partial charge in [0.2, 0.25) is 0 Å². The van der Waals surface area contributed by atoms with Gasteiger partial charge in [-0.15, -0.1) is 0 Å². The molecule has 0 atom stereocenters. The first-order valence-corrected chi connectivity index (χ1v) is 8.32. The number of carbonyl (C=O) groups is 3. The lowest BCUT2D eigenvalue weighted by Crippen LogP contribution is -2.54. The molecule has 0 bridgehead atoms. The Balaban J connectivity index is 1.97. The second-order valence-electron chi connectivity index (χ2n) is 5.63. The topological polar surface area (TPSA) is 84.9 Å².